The van der Waals surface area contributed by atoms with E-state index in [1.165, 1.54) is 0 Å². The SMILES string of the molecule is CC1CCC(N)(c2noc(-c3cccc(Br)c3Cl)n2)CC1. The van der Waals surface area contributed by atoms with Gasteiger partial charge in [0.25, 0.3) is 5.89 Å². The highest BCUT2D eigenvalue weighted by Crippen LogP contribution is 2.38. The molecule has 21 heavy (non-hydrogen) atoms. The van der Waals surface area contributed by atoms with Gasteiger partial charge in [-0.2, -0.15) is 4.98 Å². The van der Waals surface area contributed by atoms with Gasteiger partial charge in [-0.1, -0.05) is 29.7 Å². The van der Waals surface area contributed by atoms with Gasteiger partial charge in [-0.15, -0.1) is 0 Å². The van der Waals surface area contributed by atoms with Gasteiger partial charge >= 0.3 is 0 Å². The topological polar surface area (TPSA) is 64.9 Å². The van der Waals surface area contributed by atoms with Crippen LogP contribution in [0, 0.1) is 5.92 Å². The number of nitrogens with two attached hydrogens (primary N) is 1. The van der Waals surface area contributed by atoms with Gasteiger partial charge < -0.3 is 10.3 Å². The number of aromatic nitrogens is 2. The van der Waals surface area contributed by atoms with E-state index < -0.39 is 5.54 Å². The predicted octanol–water partition coefficient (Wildman–Crippen LogP) is 4.52. The Morgan fingerprint density at radius 1 is 1.38 bits per heavy atom. The monoisotopic (exact) mass is 369 g/mol. The highest BCUT2D eigenvalue weighted by atomic mass is 79.9. The lowest BCUT2D eigenvalue weighted by molar-refractivity contribution is 0.230. The van der Waals surface area contributed by atoms with Crippen LogP contribution in [0.4, 0.5) is 0 Å². The fraction of sp³-hybridized carbons (Fsp3) is 0.467. The van der Waals surface area contributed by atoms with Crippen LogP contribution >= 0.6 is 27.5 Å². The minimum Gasteiger partial charge on any atom is -0.334 e. The van der Waals surface area contributed by atoms with Crippen LogP contribution in [0.5, 0.6) is 0 Å². The maximum atomic E-state index is 6.47. The number of benzene rings is 1. The van der Waals surface area contributed by atoms with Crippen LogP contribution in [-0.4, -0.2) is 10.1 Å². The van der Waals surface area contributed by atoms with Gasteiger partial charge in [-0.05, 0) is 59.7 Å². The van der Waals surface area contributed by atoms with E-state index in [2.05, 4.69) is 33.0 Å². The Morgan fingerprint density at radius 3 is 2.81 bits per heavy atom. The van der Waals surface area contributed by atoms with E-state index in [-0.39, 0.29) is 0 Å². The van der Waals surface area contributed by atoms with E-state index in [1.807, 2.05) is 18.2 Å². The third kappa shape index (κ3) is 2.87. The number of hydrogen-bond donors (Lipinski definition) is 1. The van der Waals surface area contributed by atoms with Crippen LogP contribution in [0.3, 0.4) is 0 Å². The Labute approximate surface area is 137 Å². The minimum absolute atomic E-state index is 0.416. The summed E-state index contributed by atoms with van der Waals surface area (Å²) in [6.07, 6.45) is 3.97. The lowest BCUT2D eigenvalue weighted by atomic mass is 9.77. The molecule has 1 saturated carbocycles. The zero-order valence-electron chi connectivity index (χ0n) is 11.8. The first kappa shape index (κ1) is 15.0. The second-order valence-corrected chi connectivity index (χ2v) is 7.10. The van der Waals surface area contributed by atoms with Gasteiger partial charge in [0.05, 0.1) is 16.1 Å². The number of nitrogens with zero attached hydrogens (tertiary/aromatic N) is 2. The van der Waals surface area contributed by atoms with E-state index in [9.17, 15) is 0 Å². The molecule has 1 heterocycles. The molecule has 4 nitrogen and oxygen atoms in total. The van der Waals surface area contributed by atoms with E-state index in [0.717, 1.165) is 35.7 Å². The van der Waals surface area contributed by atoms with Gasteiger partial charge in [0.2, 0.25) is 0 Å². The Morgan fingerprint density at radius 2 is 2.10 bits per heavy atom. The molecule has 0 bridgehead atoms. The highest BCUT2D eigenvalue weighted by Gasteiger charge is 2.36. The molecule has 1 fully saturated rings. The minimum atomic E-state index is -0.479. The lowest BCUT2D eigenvalue weighted by Crippen LogP contribution is -2.41. The third-order valence-corrected chi connectivity index (χ3v) is 5.52. The van der Waals surface area contributed by atoms with Crippen LogP contribution in [0.15, 0.2) is 27.2 Å². The van der Waals surface area contributed by atoms with Crippen molar-refractivity contribution in [3.05, 3.63) is 33.5 Å². The molecule has 6 heteroatoms. The van der Waals surface area contributed by atoms with Crippen molar-refractivity contribution in [2.75, 3.05) is 0 Å². The van der Waals surface area contributed by atoms with Crippen molar-refractivity contribution in [2.24, 2.45) is 11.7 Å². The van der Waals surface area contributed by atoms with Gasteiger partial charge in [-0.3, -0.25) is 0 Å². The molecule has 0 spiro atoms. The van der Waals surface area contributed by atoms with Gasteiger partial charge in [0.15, 0.2) is 5.82 Å². The molecular formula is C15H17BrClN3O. The third-order valence-electron chi connectivity index (χ3n) is 4.22. The summed E-state index contributed by atoms with van der Waals surface area (Å²) in [7, 11) is 0. The maximum Gasteiger partial charge on any atom is 0.259 e. The van der Waals surface area contributed by atoms with Gasteiger partial charge in [0, 0.05) is 4.47 Å². The number of hydrogen-bond acceptors (Lipinski definition) is 4. The van der Waals surface area contributed by atoms with E-state index in [1.54, 1.807) is 0 Å². The highest BCUT2D eigenvalue weighted by molar-refractivity contribution is 9.10. The fourth-order valence-corrected chi connectivity index (χ4v) is 3.28. The van der Waals surface area contributed by atoms with E-state index in [4.69, 9.17) is 21.9 Å². The Kier molecular flexibility index (Phi) is 4.08. The molecule has 3 rings (SSSR count). The normalized spacial score (nSPS) is 26.0. The van der Waals surface area contributed by atoms with E-state index in [0.29, 0.717) is 22.7 Å². The second kappa shape index (κ2) is 5.71. The maximum absolute atomic E-state index is 6.47. The van der Waals surface area contributed by atoms with E-state index >= 15 is 0 Å². The largest absolute Gasteiger partial charge is 0.334 e. The summed E-state index contributed by atoms with van der Waals surface area (Å²) in [6, 6.07) is 5.61. The summed E-state index contributed by atoms with van der Waals surface area (Å²) in [4.78, 5) is 4.49. The molecule has 0 unspecified atom stereocenters. The first-order chi connectivity index (χ1) is 9.99. The van der Waals surface area contributed by atoms with Gasteiger partial charge in [0.1, 0.15) is 0 Å². The molecular weight excluding hydrogens is 354 g/mol. The van der Waals surface area contributed by atoms with Gasteiger partial charge in [-0.25, -0.2) is 0 Å². The molecule has 2 aromatic rings. The van der Waals surface area contributed by atoms with Crippen LogP contribution in [0.25, 0.3) is 11.5 Å². The average Bonchev–Trinajstić information content (AvgIpc) is 2.96. The summed E-state index contributed by atoms with van der Waals surface area (Å²) in [5, 5.41) is 4.66. The Hall–Kier alpha value is -0.910. The average molecular weight is 371 g/mol. The van der Waals surface area contributed by atoms with Crippen molar-refractivity contribution in [2.45, 2.75) is 38.1 Å². The molecule has 0 amide bonds. The molecule has 0 saturated heterocycles. The summed E-state index contributed by atoms with van der Waals surface area (Å²) in [5.41, 5.74) is 6.72. The molecule has 1 aliphatic carbocycles. The number of rotatable bonds is 2. The summed E-state index contributed by atoms with van der Waals surface area (Å²) < 4.78 is 6.19. The number of halogens is 2. The molecule has 1 aliphatic rings. The molecule has 0 atom stereocenters. The van der Waals surface area contributed by atoms with Crippen LogP contribution in [0.1, 0.15) is 38.4 Å². The molecule has 1 aromatic carbocycles. The quantitative estimate of drug-likeness (QED) is 0.844. The van der Waals surface area contributed by atoms with Crippen molar-refractivity contribution in [1.29, 1.82) is 0 Å². The molecule has 0 aliphatic heterocycles. The van der Waals surface area contributed by atoms with Crippen molar-refractivity contribution >= 4 is 27.5 Å². The van der Waals surface area contributed by atoms with Crippen molar-refractivity contribution in [1.82, 2.24) is 10.1 Å². The summed E-state index contributed by atoms with van der Waals surface area (Å²) >= 11 is 9.67. The first-order valence-corrected chi connectivity index (χ1v) is 8.24. The second-order valence-electron chi connectivity index (χ2n) is 5.86. The first-order valence-electron chi connectivity index (χ1n) is 7.07. The molecule has 1 aromatic heterocycles. The van der Waals surface area contributed by atoms with Crippen LogP contribution in [-0.2, 0) is 5.54 Å². The summed E-state index contributed by atoms with van der Waals surface area (Å²) in [5.74, 6) is 1.72. The summed E-state index contributed by atoms with van der Waals surface area (Å²) in [6.45, 7) is 2.25. The molecule has 0 radical (unpaired) electrons. The predicted molar refractivity (Wildman–Crippen MR) is 85.9 cm³/mol. The zero-order valence-corrected chi connectivity index (χ0v) is 14.1. The Bertz CT molecular complexity index is 650. The van der Waals surface area contributed by atoms with Crippen molar-refractivity contribution in [3.8, 4) is 11.5 Å². The molecule has 2 N–H and O–H groups in total. The van der Waals surface area contributed by atoms with Crippen LogP contribution < -0.4 is 5.73 Å². The molecule has 112 valence electrons. The smallest absolute Gasteiger partial charge is 0.259 e. The van der Waals surface area contributed by atoms with Crippen molar-refractivity contribution in [3.63, 3.8) is 0 Å². The lowest BCUT2D eigenvalue weighted by Gasteiger charge is -2.33. The Balaban J connectivity index is 1.92. The van der Waals surface area contributed by atoms with Crippen molar-refractivity contribution < 1.29 is 4.52 Å². The van der Waals surface area contributed by atoms with Crippen LogP contribution in [0.2, 0.25) is 5.02 Å². The zero-order chi connectivity index (χ0) is 15.0. The fourth-order valence-electron chi connectivity index (χ4n) is 2.70. The standard InChI is InChI=1S/C15H17BrClN3O/c1-9-5-7-15(18,8-6-9)14-19-13(21-20-14)10-3-2-4-11(16)12(10)17/h2-4,9H,5-8,18H2,1H3.